The molecule has 3 aromatic carbocycles. The Bertz CT molecular complexity index is 1660. The minimum Gasteiger partial charge on any atom is -0.507 e. The number of anilines is 1. The third kappa shape index (κ3) is 4.91. The molecule has 2 aliphatic rings. The van der Waals surface area contributed by atoms with E-state index >= 15 is 0 Å². The number of hydrogen-bond acceptors (Lipinski definition) is 9. The largest absolute Gasteiger partial charge is 0.507 e. The first-order valence-corrected chi connectivity index (χ1v) is 14.2. The number of fused-ring (bicyclic) bond motifs is 1. The lowest BCUT2D eigenvalue weighted by molar-refractivity contribution is -0.132. The average Bonchev–Trinajstić information content (AvgIpc) is 3.54. The number of halogens is 2. The van der Waals surface area contributed by atoms with Gasteiger partial charge in [-0.15, -0.1) is 10.2 Å². The van der Waals surface area contributed by atoms with Gasteiger partial charge in [-0.05, 0) is 47.5 Å². The van der Waals surface area contributed by atoms with Crippen LogP contribution < -0.4 is 14.4 Å². The maximum Gasteiger partial charge on any atom is 0.301 e. The molecule has 202 valence electrons. The highest BCUT2D eigenvalue weighted by molar-refractivity contribution is 8.00. The lowest BCUT2D eigenvalue weighted by Gasteiger charge is -2.23. The summed E-state index contributed by atoms with van der Waals surface area (Å²) in [5, 5.41) is 20.4. The van der Waals surface area contributed by atoms with E-state index in [1.54, 1.807) is 60.7 Å². The summed E-state index contributed by atoms with van der Waals surface area (Å²) in [5.74, 6) is -1.17. The lowest BCUT2D eigenvalue weighted by atomic mass is 9.95. The number of amides is 1. The van der Waals surface area contributed by atoms with Gasteiger partial charge in [0.2, 0.25) is 5.13 Å². The first-order valence-electron chi connectivity index (χ1n) is 12.1. The van der Waals surface area contributed by atoms with E-state index in [9.17, 15) is 19.1 Å². The highest BCUT2D eigenvalue weighted by atomic mass is 35.5. The number of carbonyl (C=O) groups is 2. The zero-order valence-corrected chi connectivity index (χ0v) is 22.9. The Kier molecular flexibility index (Phi) is 7.18. The normalized spacial score (nSPS) is 17.9. The number of hydrogen-bond donors (Lipinski definition) is 1. The van der Waals surface area contributed by atoms with E-state index in [1.165, 1.54) is 22.7 Å². The Morgan fingerprint density at radius 2 is 1.80 bits per heavy atom. The van der Waals surface area contributed by atoms with Crippen molar-refractivity contribution >= 4 is 57.3 Å². The zero-order valence-electron chi connectivity index (χ0n) is 20.5. The highest BCUT2D eigenvalue weighted by Crippen LogP contribution is 2.45. The number of ketones is 1. The minimum absolute atomic E-state index is 0.111. The van der Waals surface area contributed by atoms with E-state index in [-0.39, 0.29) is 22.3 Å². The van der Waals surface area contributed by atoms with Crippen LogP contribution in [0.3, 0.4) is 0 Å². The number of ether oxygens (including phenoxy) is 2. The Balaban J connectivity index is 1.39. The second-order valence-corrected chi connectivity index (χ2v) is 11.4. The van der Waals surface area contributed by atoms with Crippen LogP contribution in [0.4, 0.5) is 9.52 Å². The molecule has 1 unspecified atom stereocenters. The Morgan fingerprint density at radius 1 is 1.05 bits per heavy atom. The van der Waals surface area contributed by atoms with Crippen molar-refractivity contribution in [2.24, 2.45) is 0 Å². The van der Waals surface area contributed by atoms with E-state index in [4.69, 9.17) is 21.1 Å². The third-order valence-corrected chi connectivity index (χ3v) is 8.71. The van der Waals surface area contributed by atoms with Gasteiger partial charge in [0, 0.05) is 16.3 Å². The number of aliphatic hydroxyl groups is 1. The molecule has 6 rings (SSSR count). The van der Waals surface area contributed by atoms with Crippen molar-refractivity contribution in [2.75, 3.05) is 18.1 Å². The number of aromatic nitrogens is 2. The molecule has 1 aromatic heterocycles. The number of benzene rings is 3. The molecule has 0 spiro atoms. The molecule has 1 atom stereocenters. The smallest absolute Gasteiger partial charge is 0.301 e. The van der Waals surface area contributed by atoms with Gasteiger partial charge in [0.25, 0.3) is 5.78 Å². The zero-order chi connectivity index (χ0) is 27.8. The summed E-state index contributed by atoms with van der Waals surface area (Å²) in [6, 6.07) is 16.9. The van der Waals surface area contributed by atoms with E-state index < -0.39 is 17.7 Å². The fourth-order valence-electron chi connectivity index (χ4n) is 4.45. The van der Waals surface area contributed by atoms with Gasteiger partial charge >= 0.3 is 5.91 Å². The number of carbonyl (C=O) groups excluding carboxylic acids is 2. The topological polar surface area (TPSA) is 102 Å². The number of Topliss-reactive ketones (excluding diaryl/α,β-unsaturated/α-hetero) is 1. The van der Waals surface area contributed by atoms with Crippen molar-refractivity contribution < 1.29 is 28.6 Å². The quantitative estimate of drug-likeness (QED) is 0.0949. The monoisotopic (exact) mass is 595 g/mol. The summed E-state index contributed by atoms with van der Waals surface area (Å²) >= 11 is 8.46. The van der Waals surface area contributed by atoms with Crippen LogP contribution in [0.25, 0.3) is 5.76 Å². The third-order valence-electron chi connectivity index (χ3n) is 6.36. The number of aliphatic hydroxyl groups excluding tert-OH is 1. The molecule has 1 saturated heterocycles. The molecule has 1 fully saturated rings. The molecule has 2 aliphatic heterocycles. The second-order valence-electron chi connectivity index (χ2n) is 8.81. The van der Waals surface area contributed by atoms with Crippen molar-refractivity contribution in [3.63, 3.8) is 0 Å². The van der Waals surface area contributed by atoms with E-state index in [2.05, 4.69) is 10.2 Å². The predicted molar refractivity (Wildman–Crippen MR) is 150 cm³/mol. The number of thioether (sulfide) groups is 1. The summed E-state index contributed by atoms with van der Waals surface area (Å²) < 4.78 is 25.7. The van der Waals surface area contributed by atoms with Crippen molar-refractivity contribution in [2.45, 2.75) is 16.1 Å². The summed E-state index contributed by atoms with van der Waals surface area (Å²) in [6.45, 7) is 0.753. The van der Waals surface area contributed by atoms with Gasteiger partial charge in [-0.2, -0.15) is 0 Å². The van der Waals surface area contributed by atoms with Crippen molar-refractivity contribution in [3.8, 4) is 11.5 Å². The van der Waals surface area contributed by atoms with Crippen molar-refractivity contribution in [3.05, 3.63) is 99.8 Å². The number of rotatable bonds is 6. The maximum absolute atomic E-state index is 14.1. The molecule has 0 radical (unpaired) electrons. The first-order chi connectivity index (χ1) is 19.4. The lowest BCUT2D eigenvalue weighted by Crippen LogP contribution is -2.29. The summed E-state index contributed by atoms with van der Waals surface area (Å²) in [7, 11) is 0. The van der Waals surface area contributed by atoms with Gasteiger partial charge in [0.05, 0.1) is 11.6 Å². The highest BCUT2D eigenvalue weighted by Gasteiger charge is 2.48. The first kappa shape index (κ1) is 26.3. The van der Waals surface area contributed by atoms with Gasteiger partial charge in [-0.1, -0.05) is 65.0 Å². The van der Waals surface area contributed by atoms with Gasteiger partial charge in [-0.25, -0.2) is 4.39 Å². The van der Waals surface area contributed by atoms with Crippen LogP contribution in [-0.4, -0.2) is 40.2 Å². The van der Waals surface area contributed by atoms with E-state index in [0.29, 0.717) is 56.5 Å². The molecule has 3 heterocycles. The molecule has 0 bridgehead atoms. The maximum atomic E-state index is 14.1. The molecule has 1 amide bonds. The molecule has 0 saturated carbocycles. The second kappa shape index (κ2) is 10.9. The van der Waals surface area contributed by atoms with Gasteiger partial charge in [-0.3, -0.25) is 14.5 Å². The van der Waals surface area contributed by atoms with Crippen LogP contribution >= 0.6 is 34.7 Å². The molecule has 1 N–H and O–H groups in total. The van der Waals surface area contributed by atoms with Crippen molar-refractivity contribution in [1.29, 1.82) is 0 Å². The predicted octanol–water partition coefficient (Wildman–Crippen LogP) is 6.02. The molecule has 4 aromatic rings. The average molecular weight is 596 g/mol. The summed E-state index contributed by atoms with van der Waals surface area (Å²) in [6.07, 6.45) is 0. The van der Waals surface area contributed by atoms with E-state index in [1.807, 2.05) is 0 Å². The van der Waals surface area contributed by atoms with Crippen LogP contribution in [-0.2, 0) is 15.3 Å². The molecule has 40 heavy (non-hydrogen) atoms. The molecular weight excluding hydrogens is 577 g/mol. The van der Waals surface area contributed by atoms with Crippen LogP contribution in [0.1, 0.15) is 22.7 Å². The molecule has 12 heteroatoms. The Morgan fingerprint density at radius 3 is 2.58 bits per heavy atom. The van der Waals surface area contributed by atoms with Gasteiger partial charge in [0.15, 0.2) is 15.8 Å². The minimum atomic E-state index is -0.997. The van der Waals surface area contributed by atoms with Gasteiger partial charge in [0.1, 0.15) is 24.8 Å². The van der Waals surface area contributed by atoms with Crippen LogP contribution in [0.15, 0.2) is 76.6 Å². The summed E-state index contributed by atoms with van der Waals surface area (Å²) in [4.78, 5) is 28.1. The van der Waals surface area contributed by atoms with Crippen LogP contribution in [0.5, 0.6) is 11.5 Å². The Hall–Kier alpha value is -3.93. The molecule has 8 nitrogen and oxygen atoms in total. The summed E-state index contributed by atoms with van der Waals surface area (Å²) in [5.41, 5.74) is 1.23. The van der Waals surface area contributed by atoms with Crippen LogP contribution in [0.2, 0.25) is 5.02 Å². The van der Waals surface area contributed by atoms with Gasteiger partial charge < -0.3 is 14.6 Å². The molecular formula is C28H19ClFN3O5S2. The number of nitrogens with zero attached hydrogens (tertiary/aromatic N) is 3. The SMILES string of the molecule is O=C1C(=O)N(c2nnc(SCc3ccccc3F)s2)C(c2ccc(Cl)cc2)/C1=C(\O)c1ccc2c(c1)OCCO2. The standard InChI is InChI=1S/C28H19ClFN3O5S2/c29-18-8-5-15(6-9-18)23-22(24(34)16-7-10-20-21(13-16)38-12-11-37-20)25(35)26(36)33(23)27-31-32-28(40-27)39-14-17-3-1-2-4-19(17)30/h1-10,13,23,34H,11-12,14H2/b24-22+. The van der Waals surface area contributed by atoms with Crippen molar-refractivity contribution in [1.82, 2.24) is 10.2 Å². The fraction of sp³-hybridized carbons (Fsp3) is 0.143. The Labute approximate surface area is 241 Å². The van der Waals surface area contributed by atoms with E-state index in [0.717, 1.165) is 11.3 Å². The molecule has 0 aliphatic carbocycles. The fourth-order valence-corrected chi connectivity index (χ4v) is 6.43. The van der Waals surface area contributed by atoms with Crippen LogP contribution in [0, 0.1) is 5.82 Å².